The summed E-state index contributed by atoms with van der Waals surface area (Å²) in [4.78, 5) is 30.5. The van der Waals surface area contributed by atoms with Crippen LogP contribution in [0.2, 0.25) is 0 Å². The molecule has 0 radical (unpaired) electrons. The first kappa shape index (κ1) is 32.0. The highest BCUT2D eigenvalue weighted by molar-refractivity contribution is 7.25. The van der Waals surface area contributed by atoms with Crippen LogP contribution in [0.25, 0.3) is 105 Å². The highest BCUT2D eigenvalue weighted by atomic mass is 32.1. The third-order valence-corrected chi connectivity index (χ3v) is 11.2. The number of rotatable bonds is 6. The molecule has 0 saturated carbocycles. The van der Waals surface area contributed by atoms with Crippen LogP contribution in [-0.2, 0) is 0 Å². The van der Waals surface area contributed by atoms with E-state index in [0.29, 0.717) is 23.3 Å². The van der Waals surface area contributed by atoms with Gasteiger partial charge in [0.1, 0.15) is 4.83 Å². The first-order valence-corrected chi connectivity index (χ1v) is 19.2. The van der Waals surface area contributed by atoms with E-state index in [4.69, 9.17) is 29.9 Å². The molecule has 0 fully saturated rings. The molecule has 56 heavy (non-hydrogen) atoms. The number of hydrogen-bond donors (Lipinski definition) is 0. The van der Waals surface area contributed by atoms with Gasteiger partial charge >= 0.3 is 0 Å². The molecule has 262 valence electrons. The molecule has 0 atom stereocenters. The van der Waals surface area contributed by atoms with Crippen molar-refractivity contribution in [3.8, 4) is 62.4 Å². The Hall–Kier alpha value is -7.42. The molecule has 0 unspecified atom stereocenters. The Balaban J connectivity index is 0.960. The molecule has 8 heteroatoms. The van der Waals surface area contributed by atoms with Gasteiger partial charge in [0, 0.05) is 62.1 Å². The van der Waals surface area contributed by atoms with Crippen molar-refractivity contribution >= 4 is 53.6 Å². The van der Waals surface area contributed by atoms with Gasteiger partial charge in [-0.15, -0.1) is 11.3 Å². The lowest BCUT2D eigenvalue weighted by Crippen LogP contribution is -2.00. The Morgan fingerprint density at radius 2 is 0.875 bits per heavy atom. The maximum atomic E-state index is 5.05. The topological polar surface area (TPSA) is 82.3 Å². The molecular weight excluding hydrogens is 707 g/mol. The van der Waals surface area contributed by atoms with Crippen molar-refractivity contribution in [2.45, 2.75) is 0 Å². The Kier molecular flexibility index (Phi) is 7.53. The van der Waals surface area contributed by atoms with Crippen molar-refractivity contribution < 1.29 is 0 Å². The van der Waals surface area contributed by atoms with Crippen LogP contribution in [0.1, 0.15) is 0 Å². The van der Waals surface area contributed by atoms with Crippen molar-refractivity contribution in [1.82, 2.24) is 34.5 Å². The van der Waals surface area contributed by atoms with Crippen LogP contribution in [0.3, 0.4) is 0 Å². The van der Waals surface area contributed by atoms with Crippen LogP contribution in [0.4, 0.5) is 0 Å². The van der Waals surface area contributed by atoms with Gasteiger partial charge in [-0.2, -0.15) is 0 Å². The van der Waals surface area contributed by atoms with Gasteiger partial charge in [-0.1, -0.05) is 121 Å². The number of aromatic nitrogens is 7. The summed E-state index contributed by atoms with van der Waals surface area (Å²) < 4.78 is 3.32. The average molecular weight is 736 g/mol. The molecule has 0 N–H and O–H groups in total. The third kappa shape index (κ3) is 5.51. The van der Waals surface area contributed by atoms with E-state index in [1.807, 2.05) is 85.2 Å². The number of pyridine rings is 1. The quantitative estimate of drug-likeness (QED) is 0.169. The fourth-order valence-electron chi connectivity index (χ4n) is 7.45. The maximum absolute atomic E-state index is 5.05. The van der Waals surface area contributed by atoms with Gasteiger partial charge < -0.3 is 4.57 Å². The molecule has 0 aliphatic carbocycles. The van der Waals surface area contributed by atoms with E-state index in [1.54, 1.807) is 11.3 Å². The van der Waals surface area contributed by atoms with Gasteiger partial charge in [-0.3, -0.25) is 0 Å². The van der Waals surface area contributed by atoms with Crippen LogP contribution in [-0.4, -0.2) is 34.5 Å². The molecule has 0 bridgehead atoms. The van der Waals surface area contributed by atoms with E-state index < -0.39 is 0 Å². The van der Waals surface area contributed by atoms with Crippen LogP contribution in [0.5, 0.6) is 0 Å². The normalized spacial score (nSPS) is 11.6. The standard InChI is InChI=1S/C48H29N7S/c1-3-11-30(12-4-1)35-27-39-43-42(56-48(39)50-28-35)29-49-44(51-43)32-19-21-33(22-20-32)46-52-45(31-13-5-2-6-14-31)53-47(54-46)34-23-25-36(26-24-34)55-40-17-9-7-15-37(40)38-16-8-10-18-41(38)55/h1-29H. The third-order valence-electron chi connectivity index (χ3n) is 10.2. The predicted octanol–water partition coefficient (Wildman–Crippen LogP) is 11.9. The second-order valence-corrected chi connectivity index (χ2v) is 14.6. The molecule has 5 aromatic heterocycles. The second-order valence-electron chi connectivity index (χ2n) is 13.6. The van der Waals surface area contributed by atoms with Crippen molar-refractivity contribution in [3.05, 3.63) is 176 Å². The van der Waals surface area contributed by atoms with Gasteiger partial charge in [0.25, 0.3) is 0 Å². The number of hydrogen-bond acceptors (Lipinski definition) is 7. The van der Waals surface area contributed by atoms with E-state index in [2.05, 4.69) is 95.6 Å². The lowest BCUT2D eigenvalue weighted by atomic mass is 10.1. The second kappa shape index (κ2) is 13.2. The minimum atomic E-state index is 0.589. The summed E-state index contributed by atoms with van der Waals surface area (Å²) in [5, 5.41) is 3.49. The summed E-state index contributed by atoms with van der Waals surface area (Å²) in [6.45, 7) is 0. The maximum Gasteiger partial charge on any atom is 0.164 e. The van der Waals surface area contributed by atoms with Crippen LogP contribution in [0.15, 0.2) is 176 Å². The van der Waals surface area contributed by atoms with E-state index in [1.165, 1.54) is 21.8 Å². The molecule has 5 heterocycles. The average Bonchev–Trinajstić information content (AvgIpc) is 3.82. The lowest BCUT2D eigenvalue weighted by Gasteiger charge is -2.11. The summed E-state index contributed by atoms with van der Waals surface area (Å²) in [6.07, 6.45) is 3.83. The minimum absolute atomic E-state index is 0.589. The summed E-state index contributed by atoms with van der Waals surface area (Å²) in [6, 6.07) is 56.2. The van der Waals surface area contributed by atoms with Gasteiger partial charge in [0.2, 0.25) is 0 Å². The Morgan fingerprint density at radius 3 is 1.48 bits per heavy atom. The number of nitrogens with zero attached hydrogens (tertiary/aromatic N) is 7. The first-order valence-electron chi connectivity index (χ1n) is 18.4. The Morgan fingerprint density at radius 1 is 0.375 bits per heavy atom. The highest BCUT2D eigenvalue weighted by Crippen LogP contribution is 2.36. The molecule has 0 amide bonds. The molecule has 0 spiro atoms. The van der Waals surface area contributed by atoms with E-state index in [0.717, 1.165) is 59.5 Å². The van der Waals surface area contributed by atoms with Crippen LogP contribution in [0, 0.1) is 0 Å². The molecule has 0 saturated heterocycles. The summed E-state index contributed by atoms with van der Waals surface area (Å²) in [5.74, 6) is 2.46. The van der Waals surface area contributed by atoms with Crippen LogP contribution >= 0.6 is 11.3 Å². The minimum Gasteiger partial charge on any atom is -0.309 e. The van der Waals surface area contributed by atoms with Crippen molar-refractivity contribution in [2.75, 3.05) is 0 Å². The Bertz CT molecular complexity index is 3180. The monoisotopic (exact) mass is 735 g/mol. The molecule has 11 aromatic rings. The number of benzene rings is 6. The van der Waals surface area contributed by atoms with Crippen molar-refractivity contribution in [2.24, 2.45) is 0 Å². The van der Waals surface area contributed by atoms with Gasteiger partial charge in [-0.25, -0.2) is 29.9 Å². The van der Waals surface area contributed by atoms with Crippen LogP contribution < -0.4 is 0 Å². The molecular formula is C48H29N7S. The zero-order chi connectivity index (χ0) is 37.0. The zero-order valence-electron chi connectivity index (χ0n) is 29.8. The van der Waals surface area contributed by atoms with Crippen molar-refractivity contribution in [1.29, 1.82) is 0 Å². The smallest absolute Gasteiger partial charge is 0.164 e. The van der Waals surface area contributed by atoms with Gasteiger partial charge in [0.05, 0.1) is 21.3 Å². The highest BCUT2D eigenvalue weighted by Gasteiger charge is 2.16. The summed E-state index contributed by atoms with van der Waals surface area (Å²) in [5.41, 5.74) is 10.1. The fourth-order valence-corrected chi connectivity index (χ4v) is 8.39. The van der Waals surface area contributed by atoms with Gasteiger partial charge in [0.15, 0.2) is 23.3 Å². The first-order chi connectivity index (χ1) is 27.7. The SMILES string of the molecule is c1ccc(-c2cnc3sc4cnc(-c5ccc(-c6nc(-c7ccccc7)nc(-c7ccc(-n8c9ccccc9c9ccccc98)cc7)n6)cc5)nc4c3c2)cc1. The number of para-hydroxylation sites is 2. The molecule has 7 nitrogen and oxygen atoms in total. The number of thiophene rings is 1. The summed E-state index contributed by atoms with van der Waals surface area (Å²) >= 11 is 1.61. The van der Waals surface area contributed by atoms with E-state index >= 15 is 0 Å². The largest absolute Gasteiger partial charge is 0.309 e. The fraction of sp³-hybridized carbons (Fsp3) is 0. The molecule has 0 aliphatic rings. The molecule has 11 rings (SSSR count). The predicted molar refractivity (Wildman–Crippen MR) is 228 cm³/mol. The molecule has 6 aromatic carbocycles. The summed E-state index contributed by atoms with van der Waals surface area (Å²) in [7, 11) is 0. The van der Waals surface area contributed by atoms with Crippen molar-refractivity contribution in [3.63, 3.8) is 0 Å². The zero-order valence-corrected chi connectivity index (χ0v) is 30.6. The van der Waals surface area contributed by atoms with E-state index in [-0.39, 0.29) is 0 Å². The van der Waals surface area contributed by atoms with E-state index in [9.17, 15) is 0 Å². The molecule has 0 aliphatic heterocycles. The lowest BCUT2D eigenvalue weighted by molar-refractivity contribution is 1.07. The Labute approximate surface area is 325 Å². The van der Waals surface area contributed by atoms with Gasteiger partial charge in [-0.05, 0) is 48.0 Å². The number of fused-ring (bicyclic) bond motifs is 6.